The lowest BCUT2D eigenvalue weighted by molar-refractivity contribution is 0.0127. The number of carboxylic acid groups (broad SMARTS) is 1. The van der Waals surface area contributed by atoms with E-state index in [1.54, 1.807) is 20.8 Å². The van der Waals surface area contributed by atoms with Crippen LogP contribution in [0.3, 0.4) is 0 Å². The number of carboxylic acids is 1. The summed E-state index contributed by atoms with van der Waals surface area (Å²) in [6.45, 7) is 4.83. The predicted octanol–water partition coefficient (Wildman–Crippen LogP) is 0.760. The fourth-order valence-electron chi connectivity index (χ4n) is 1.30. The Hall–Kier alpha value is -1.71. The number of nitrogens with one attached hydrogen (secondary N) is 1. The number of alkyl carbamates (subject to hydrolysis) is 1. The van der Waals surface area contributed by atoms with E-state index < -0.39 is 29.9 Å². The number of carbonyl (C=O) groups is 2. The smallest absolute Gasteiger partial charge is 0.407 e. The second-order valence-electron chi connectivity index (χ2n) is 5.27. The Labute approximate surface area is 125 Å². The van der Waals surface area contributed by atoms with Crippen molar-refractivity contribution in [1.82, 2.24) is 10.3 Å². The van der Waals surface area contributed by atoms with Crippen LogP contribution in [0.5, 0.6) is 0 Å². The van der Waals surface area contributed by atoms with Crippen LogP contribution in [-0.2, 0) is 4.74 Å². The minimum atomic E-state index is -1.39. The molecule has 0 fully saturated rings. The maximum Gasteiger partial charge on any atom is 0.407 e. The first-order valence-corrected chi connectivity index (χ1v) is 7.00. The number of amides is 1. The molecule has 0 aliphatic carbocycles. The highest BCUT2D eigenvalue weighted by Crippen LogP contribution is 2.21. The summed E-state index contributed by atoms with van der Waals surface area (Å²) in [7, 11) is 0. The lowest BCUT2D eigenvalue weighted by Crippen LogP contribution is -2.38. The zero-order valence-electron chi connectivity index (χ0n) is 11.9. The maximum absolute atomic E-state index is 11.4. The third kappa shape index (κ3) is 5.66. The van der Waals surface area contributed by atoms with Gasteiger partial charge in [0.05, 0.1) is 0 Å². The fraction of sp³-hybridized carbons (Fsp3) is 0.583. The fourth-order valence-corrected chi connectivity index (χ4v) is 2.13. The van der Waals surface area contributed by atoms with Gasteiger partial charge in [-0.05, 0) is 20.8 Å². The number of rotatable bonds is 5. The molecular formula is C12H18N2O6S. The molecule has 21 heavy (non-hydrogen) atoms. The standard InChI is InChI=1S/C12H18N2O6S/c1-12(2,3)20-11(19)13-4-7(15)8(16)9-14-6(5-21-9)10(17)18/h5,7-8,15-16H,4H2,1-3H3,(H,13,19)(H,17,18). The number of aromatic carboxylic acids is 1. The van der Waals surface area contributed by atoms with Crippen molar-refractivity contribution in [1.29, 1.82) is 0 Å². The van der Waals surface area contributed by atoms with Gasteiger partial charge in [-0.2, -0.15) is 0 Å². The quantitative estimate of drug-likeness (QED) is 0.630. The van der Waals surface area contributed by atoms with E-state index in [4.69, 9.17) is 9.84 Å². The minimum Gasteiger partial charge on any atom is -0.476 e. The van der Waals surface area contributed by atoms with Gasteiger partial charge in [0.1, 0.15) is 22.8 Å². The van der Waals surface area contributed by atoms with Crippen molar-refractivity contribution < 1.29 is 29.6 Å². The number of nitrogens with zero attached hydrogens (tertiary/aromatic N) is 1. The van der Waals surface area contributed by atoms with E-state index in [2.05, 4.69) is 10.3 Å². The van der Waals surface area contributed by atoms with Gasteiger partial charge in [0.2, 0.25) is 0 Å². The van der Waals surface area contributed by atoms with Gasteiger partial charge < -0.3 is 25.4 Å². The summed E-state index contributed by atoms with van der Waals surface area (Å²) in [5.41, 5.74) is -0.874. The third-order valence-corrected chi connectivity index (χ3v) is 3.13. The normalized spacial score (nSPS) is 14.3. The maximum atomic E-state index is 11.4. The molecule has 1 aromatic heterocycles. The summed E-state index contributed by atoms with van der Waals surface area (Å²) >= 11 is 0.913. The molecule has 8 nitrogen and oxygen atoms in total. The van der Waals surface area contributed by atoms with Crippen molar-refractivity contribution in [3.05, 3.63) is 16.1 Å². The highest BCUT2D eigenvalue weighted by molar-refractivity contribution is 7.09. The summed E-state index contributed by atoms with van der Waals surface area (Å²) in [4.78, 5) is 25.8. The molecule has 9 heteroatoms. The van der Waals surface area contributed by atoms with Crippen LogP contribution < -0.4 is 5.32 Å². The lowest BCUT2D eigenvalue weighted by Gasteiger charge is -2.21. The van der Waals surface area contributed by atoms with E-state index in [0.29, 0.717) is 0 Å². The first kappa shape index (κ1) is 17.3. The summed E-state index contributed by atoms with van der Waals surface area (Å²) in [6, 6.07) is 0. The van der Waals surface area contributed by atoms with Gasteiger partial charge >= 0.3 is 12.1 Å². The zero-order valence-corrected chi connectivity index (χ0v) is 12.7. The molecule has 1 aromatic rings. The number of hydrogen-bond donors (Lipinski definition) is 4. The highest BCUT2D eigenvalue weighted by atomic mass is 32.1. The van der Waals surface area contributed by atoms with E-state index in [1.807, 2.05) is 0 Å². The number of aliphatic hydroxyl groups is 2. The van der Waals surface area contributed by atoms with Crippen LogP contribution in [0.2, 0.25) is 0 Å². The van der Waals surface area contributed by atoms with Gasteiger partial charge in [-0.25, -0.2) is 14.6 Å². The number of carbonyl (C=O) groups excluding carboxylic acids is 1. The zero-order chi connectivity index (χ0) is 16.2. The third-order valence-electron chi connectivity index (χ3n) is 2.21. The molecule has 4 N–H and O–H groups in total. The van der Waals surface area contributed by atoms with Crippen molar-refractivity contribution >= 4 is 23.4 Å². The molecule has 1 heterocycles. The van der Waals surface area contributed by atoms with Gasteiger partial charge in [-0.15, -0.1) is 11.3 Å². The second kappa shape index (κ2) is 6.83. The molecule has 0 saturated carbocycles. The van der Waals surface area contributed by atoms with E-state index in [9.17, 15) is 19.8 Å². The Morgan fingerprint density at radius 2 is 2.05 bits per heavy atom. The van der Waals surface area contributed by atoms with E-state index in [1.165, 1.54) is 5.38 Å². The van der Waals surface area contributed by atoms with Crippen molar-refractivity contribution in [3.8, 4) is 0 Å². The molecule has 0 radical (unpaired) electrons. The average Bonchev–Trinajstić information content (AvgIpc) is 2.82. The van der Waals surface area contributed by atoms with Crippen LogP contribution in [0.4, 0.5) is 4.79 Å². The van der Waals surface area contributed by atoms with Gasteiger partial charge in [-0.1, -0.05) is 0 Å². The van der Waals surface area contributed by atoms with Gasteiger partial charge in [0, 0.05) is 11.9 Å². The Morgan fingerprint density at radius 3 is 2.52 bits per heavy atom. The first-order chi connectivity index (χ1) is 9.60. The van der Waals surface area contributed by atoms with Crippen LogP contribution >= 0.6 is 11.3 Å². The molecule has 1 rings (SSSR count). The number of aromatic nitrogens is 1. The summed E-state index contributed by atoms with van der Waals surface area (Å²) in [5, 5.41) is 32.0. The first-order valence-electron chi connectivity index (χ1n) is 6.12. The van der Waals surface area contributed by atoms with Crippen molar-refractivity contribution in [2.75, 3.05) is 6.54 Å². The number of aliphatic hydroxyl groups excluding tert-OH is 2. The van der Waals surface area contributed by atoms with Crippen LogP contribution in [0, 0.1) is 0 Å². The summed E-state index contributed by atoms with van der Waals surface area (Å²) < 4.78 is 4.98. The highest BCUT2D eigenvalue weighted by Gasteiger charge is 2.24. The van der Waals surface area contributed by atoms with Crippen LogP contribution in [0.1, 0.15) is 42.4 Å². The van der Waals surface area contributed by atoms with Crippen molar-refractivity contribution in [3.63, 3.8) is 0 Å². The second-order valence-corrected chi connectivity index (χ2v) is 6.16. The van der Waals surface area contributed by atoms with E-state index >= 15 is 0 Å². The SMILES string of the molecule is CC(C)(C)OC(=O)NCC(O)C(O)c1nc(C(=O)O)cs1. The van der Waals surface area contributed by atoms with Crippen molar-refractivity contribution in [2.45, 2.75) is 38.6 Å². The van der Waals surface area contributed by atoms with Crippen molar-refractivity contribution in [2.24, 2.45) is 0 Å². The molecule has 0 spiro atoms. The van der Waals surface area contributed by atoms with Gasteiger partial charge in [-0.3, -0.25) is 0 Å². The molecule has 0 saturated heterocycles. The molecule has 0 bridgehead atoms. The molecule has 1 amide bonds. The molecule has 2 unspecified atom stereocenters. The van der Waals surface area contributed by atoms with E-state index in [-0.39, 0.29) is 17.2 Å². The van der Waals surface area contributed by atoms with Gasteiger partial charge in [0.15, 0.2) is 5.69 Å². The number of hydrogen-bond acceptors (Lipinski definition) is 7. The van der Waals surface area contributed by atoms with Crippen LogP contribution in [-0.4, -0.2) is 50.6 Å². The lowest BCUT2D eigenvalue weighted by atomic mass is 10.2. The summed E-state index contributed by atoms with van der Waals surface area (Å²) in [5.74, 6) is -1.22. The Kier molecular flexibility index (Phi) is 5.64. The monoisotopic (exact) mass is 318 g/mol. The molecule has 0 aliphatic heterocycles. The topological polar surface area (TPSA) is 129 Å². The van der Waals surface area contributed by atoms with E-state index in [0.717, 1.165) is 11.3 Å². The Balaban J connectivity index is 2.52. The molecule has 0 aliphatic rings. The largest absolute Gasteiger partial charge is 0.476 e. The predicted molar refractivity (Wildman–Crippen MR) is 74.3 cm³/mol. The molecular weight excluding hydrogens is 300 g/mol. The molecule has 118 valence electrons. The Morgan fingerprint density at radius 1 is 1.43 bits per heavy atom. The number of thiazole rings is 1. The molecule has 0 aromatic carbocycles. The molecule has 2 atom stereocenters. The average molecular weight is 318 g/mol. The number of ether oxygens (including phenoxy) is 1. The Bertz CT molecular complexity index is 510. The van der Waals surface area contributed by atoms with Gasteiger partial charge in [0.25, 0.3) is 0 Å². The summed E-state index contributed by atoms with van der Waals surface area (Å²) in [6.07, 6.45) is -3.44. The van der Waals surface area contributed by atoms with Crippen LogP contribution in [0.15, 0.2) is 5.38 Å². The van der Waals surface area contributed by atoms with Crippen LogP contribution in [0.25, 0.3) is 0 Å². The minimum absolute atomic E-state index is 0.0610.